The number of carbonyl (C=O) groups excluding carboxylic acids is 1. The average Bonchev–Trinajstić information content (AvgIpc) is 3.25. The van der Waals surface area contributed by atoms with Crippen molar-refractivity contribution in [1.82, 2.24) is 29.5 Å². The third-order valence-corrected chi connectivity index (χ3v) is 6.92. The fraction of sp³-hybridized carbons (Fsp3) is 0.455. The topological polar surface area (TPSA) is 80.3 Å². The van der Waals surface area contributed by atoms with E-state index in [0.29, 0.717) is 41.1 Å². The van der Waals surface area contributed by atoms with E-state index < -0.39 is 0 Å². The van der Waals surface area contributed by atoms with Gasteiger partial charge in [-0.15, -0.1) is 0 Å². The quantitative estimate of drug-likeness (QED) is 0.617. The van der Waals surface area contributed by atoms with Gasteiger partial charge in [-0.1, -0.05) is 35.7 Å². The number of fused-ring (bicyclic) bond motifs is 5. The molecular weight excluding hydrogens is 416 g/mol. The molecule has 2 fully saturated rings. The van der Waals surface area contributed by atoms with Crippen LogP contribution in [0.5, 0.6) is 0 Å². The third kappa shape index (κ3) is 3.08. The smallest absolute Gasteiger partial charge is 0.258 e. The lowest BCUT2D eigenvalue weighted by molar-refractivity contribution is 0.0461. The predicted molar refractivity (Wildman–Crippen MR) is 114 cm³/mol. The fourth-order valence-corrected chi connectivity index (χ4v) is 5.18. The zero-order chi connectivity index (χ0) is 20.9. The summed E-state index contributed by atoms with van der Waals surface area (Å²) in [7, 11) is 0. The second-order valence-corrected chi connectivity index (χ2v) is 8.89. The maximum absolute atomic E-state index is 13.1. The maximum Gasteiger partial charge on any atom is 0.258 e. The van der Waals surface area contributed by atoms with Crippen LogP contribution in [0.1, 0.15) is 60.1 Å². The Kier molecular flexibility index (Phi) is 4.57. The molecular formula is C22H23ClN6O2. The van der Waals surface area contributed by atoms with Crippen molar-refractivity contribution in [1.29, 1.82) is 0 Å². The molecule has 1 atom stereocenters. The lowest BCUT2D eigenvalue weighted by atomic mass is 9.97. The van der Waals surface area contributed by atoms with E-state index in [4.69, 9.17) is 16.1 Å². The normalized spacial score (nSPS) is 21.0. The molecule has 6 rings (SSSR count). The van der Waals surface area contributed by atoms with E-state index >= 15 is 0 Å². The van der Waals surface area contributed by atoms with Gasteiger partial charge in [0.25, 0.3) is 5.91 Å². The molecule has 0 bridgehead atoms. The lowest BCUT2D eigenvalue weighted by Crippen LogP contribution is -2.44. The third-order valence-electron chi connectivity index (χ3n) is 6.60. The predicted octanol–water partition coefficient (Wildman–Crippen LogP) is 3.85. The van der Waals surface area contributed by atoms with Gasteiger partial charge in [-0.3, -0.25) is 14.3 Å². The Hall–Kier alpha value is -2.71. The minimum atomic E-state index is -0.0685. The van der Waals surface area contributed by atoms with Gasteiger partial charge in [0, 0.05) is 6.54 Å². The highest BCUT2D eigenvalue weighted by molar-refractivity contribution is 6.34. The molecule has 3 aliphatic heterocycles. The summed E-state index contributed by atoms with van der Waals surface area (Å²) < 4.78 is 7.55. The molecule has 0 unspecified atom stereocenters. The van der Waals surface area contributed by atoms with Crippen LogP contribution >= 0.6 is 11.6 Å². The Labute approximate surface area is 184 Å². The summed E-state index contributed by atoms with van der Waals surface area (Å²) in [6, 6.07) is 5.44. The SMILES string of the molecule is O=C1c2c(Cl)cccc2-n2cnc(-c3noc(CN4CCCCCC4)n3)c2[C@@H]2CCN12. The van der Waals surface area contributed by atoms with Gasteiger partial charge in [-0.2, -0.15) is 4.98 Å². The molecule has 3 aromatic rings. The highest BCUT2D eigenvalue weighted by Gasteiger charge is 2.43. The largest absolute Gasteiger partial charge is 0.337 e. The van der Waals surface area contributed by atoms with Crippen molar-refractivity contribution in [2.45, 2.75) is 44.7 Å². The van der Waals surface area contributed by atoms with Gasteiger partial charge in [0.05, 0.1) is 34.6 Å². The number of benzene rings is 1. The minimum absolute atomic E-state index is 0.0403. The van der Waals surface area contributed by atoms with Crippen molar-refractivity contribution in [2.75, 3.05) is 19.6 Å². The van der Waals surface area contributed by atoms with Crippen molar-refractivity contribution in [3.8, 4) is 17.2 Å². The Balaban J connectivity index is 1.38. The lowest BCUT2D eigenvalue weighted by Gasteiger charge is -2.39. The summed E-state index contributed by atoms with van der Waals surface area (Å²) in [6.45, 7) is 3.49. The molecule has 31 heavy (non-hydrogen) atoms. The van der Waals surface area contributed by atoms with Crippen molar-refractivity contribution in [3.05, 3.63) is 46.7 Å². The van der Waals surface area contributed by atoms with Crippen LogP contribution in [0.2, 0.25) is 5.02 Å². The van der Waals surface area contributed by atoms with Gasteiger partial charge in [0.1, 0.15) is 12.0 Å². The Morgan fingerprint density at radius 1 is 1.13 bits per heavy atom. The Morgan fingerprint density at radius 3 is 2.74 bits per heavy atom. The van der Waals surface area contributed by atoms with Crippen molar-refractivity contribution >= 4 is 17.5 Å². The number of aromatic nitrogens is 4. The molecule has 1 amide bonds. The summed E-state index contributed by atoms with van der Waals surface area (Å²) in [5.41, 5.74) is 2.85. The molecule has 2 saturated heterocycles. The number of hydrogen-bond donors (Lipinski definition) is 0. The summed E-state index contributed by atoms with van der Waals surface area (Å²) in [5.74, 6) is 1.04. The molecule has 0 aliphatic carbocycles. The first-order valence-corrected chi connectivity index (χ1v) is 11.3. The van der Waals surface area contributed by atoms with E-state index in [1.807, 2.05) is 21.6 Å². The molecule has 9 heteroatoms. The first-order chi connectivity index (χ1) is 15.2. The molecule has 5 heterocycles. The molecule has 0 spiro atoms. The Morgan fingerprint density at radius 2 is 1.97 bits per heavy atom. The molecule has 3 aliphatic rings. The van der Waals surface area contributed by atoms with E-state index in [1.165, 1.54) is 25.7 Å². The average molecular weight is 439 g/mol. The number of amides is 1. The standard InChI is InChI=1S/C22H23ClN6O2/c23-14-6-5-7-15-18(14)22(30)28-11-8-16(28)20-19(24-13-29(15)20)21-25-17(31-26-21)12-27-9-3-1-2-4-10-27/h5-7,13,16H,1-4,8-12H2/t16-/m0/s1. The summed E-state index contributed by atoms with van der Waals surface area (Å²) >= 11 is 6.42. The zero-order valence-electron chi connectivity index (χ0n) is 17.1. The van der Waals surface area contributed by atoms with Gasteiger partial charge in [0.2, 0.25) is 11.7 Å². The number of rotatable bonds is 3. The number of halogens is 1. The number of hydrogen-bond acceptors (Lipinski definition) is 6. The maximum atomic E-state index is 13.1. The van der Waals surface area contributed by atoms with Crippen molar-refractivity contribution < 1.29 is 9.32 Å². The van der Waals surface area contributed by atoms with Crippen LogP contribution in [-0.4, -0.2) is 55.0 Å². The zero-order valence-corrected chi connectivity index (χ0v) is 17.9. The van der Waals surface area contributed by atoms with Gasteiger partial charge < -0.3 is 9.42 Å². The first-order valence-electron chi connectivity index (χ1n) is 10.9. The molecule has 8 nitrogen and oxygen atoms in total. The molecule has 0 saturated carbocycles. The van der Waals surface area contributed by atoms with Gasteiger partial charge in [0.15, 0.2) is 0 Å². The molecule has 2 aromatic heterocycles. The van der Waals surface area contributed by atoms with Crippen LogP contribution < -0.4 is 0 Å². The van der Waals surface area contributed by atoms with Crippen LogP contribution in [0.4, 0.5) is 0 Å². The van der Waals surface area contributed by atoms with Crippen LogP contribution in [0, 0.1) is 0 Å². The van der Waals surface area contributed by atoms with Crippen LogP contribution in [-0.2, 0) is 6.54 Å². The summed E-state index contributed by atoms with van der Waals surface area (Å²) in [6.07, 6.45) is 7.60. The van der Waals surface area contributed by atoms with E-state index in [1.54, 1.807) is 12.4 Å². The van der Waals surface area contributed by atoms with E-state index in [9.17, 15) is 4.79 Å². The fourth-order valence-electron chi connectivity index (χ4n) is 4.92. The number of nitrogens with zero attached hydrogens (tertiary/aromatic N) is 6. The molecule has 0 N–H and O–H groups in total. The highest BCUT2D eigenvalue weighted by Crippen LogP contribution is 2.44. The molecule has 160 valence electrons. The Bertz CT molecular complexity index is 1150. The van der Waals surface area contributed by atoms with Gasteiger partial charge in [-0.05, 0) is 44.5 Å². The van der Waals surface area contributed by atoms with Crippen LogP contribution in [0.25, 0.3) is 17.2 Å². The summed E-state index contributed by atoms with van der Waals surface area (Å²) in [4.78, 5) is 26.7. The first kappa shape index (κ1) is 19.0. The number of imidazole rings is 1. The van der Waals surface area contributed by atoms with Crippen molar-refractivity contribution in [2.24, 2.45) is 0 Å². The molecule has 1 aromatic carbocycles. The minimum Gasteiger partial charge on any atom is -0.337 e. The van der Waals surface area contributed by atoms with Gasteiger partial charge in [-0.25, -0.2) is 4.98 Å². The second-order valence-electron chi connectivity index (χ2n) is 8.49. The number of carbonyl (C=O) groups is 1. The van der Waals surface area contributed by atoms with E-state index in [0.717, 1.165) is 30.9 Å². The van der Waals surface area contributed by atoms with Crippen LogP contribution in [0.15, 0.2) is 29.0 Å². The molecule has 0 radical (unpaired) electrons. The highest BCUT2D eigenvalue weighted by atomic mass is 35.5. The second kappa shape index (κ2) is 7.46. The van der Waals surface area contributed by atoms with Crippen LogP contribution in [0.3, 0.4) is 0 Å². The van der Waals surface area contributed by atoms with E-state index in [2.05, 4.69) is 20.0 Å². The van der Waals surface area contributed by atoms with E-state index in [-0.39, 0.29) is 11.9 Å². The number of likely N-dealkylation sites (tertiary alicyclic amines) is 1. The van der Waals surface area contributed by atoms with Gasteiger partial charge >= 0.3 is 0 Å². The summed E-state index contributed by atoms with van der Waals surface area (Å²) in [5, 5.41) is 4.70. The van der Waals surface area contributed by atoms with Crippen molar-refractivity contribution in [3.63, 3.8) is 0 Å². The monoisotopic (exact) mass is 438 g/mol.